The molecule has 0 radical (unpaired) electrons. The van der Waals surface area contributed by atoms with Crippen LogP contribution in [0.1, 0.15) is 24.0 Å². The van der Waals surface area contributed by atoms with E-state index >= 15 is 0 Å². The van der Waals surface area contributed by atoms with Gasteiger partial charge in [0.25, 0.3) is 0 Å². The van der Waals surface area contributed by atoms with Gasteiger partial charge in [-0.3, -0.25) is 5.41 Å². The van der Waals surface area contributed by atoms with Crippen molar-refractivity contribution >= 4 is 22.9 Å². The highest BCUT2D eigenvalue weighted by Gasteiger charge is 2.15. The van der Waals surface area contributed by atoms with E-state index in [2.05, 4.69) is 9.88 Å². The van der Waals surface area contributed by atoms with E-state index in [9.17, 15) is 0 Å². The Balaban J connectivity index is 1.94. The van der Waals surface area contributed by atoms with Crippen LogP contribution in [0.4, 0.5) is 17.2 Å². The molecular weight excluding hydrogens is 262 g/mol. The zero-order valence-corrected chi connectivity index (χ0v) is 11.8. The first-order valence-corrected chi connectivity index (χ1v) is 7.10. The number of nitrogens with two attached hydrogens (primary N) is 2. The van der Waals surface area contributed by atoms with Crippen molar-refractivity contribution in [2.24, 2.45) is 0 Å². The summed E-state index contributed by atoms with van der Waals surface area (Å²) in [7, 11) is 0. The molecule has 1 aliphatic rings. The lowest BCUT2D eigenvalue weighted by Crippen LogP contribution is -2.19. The third-order valence-electron chi connectivity index (χ3n) is 3.81. The van der Waals surface area contributed by atoms with Gasteiger partial charge in [0.05, 0.1) is 5.71 Å². The van der Waals surface area contributed by atoms with Crippen LogP contribution in [0.5, 0.6) is 0 Å². The molecule has 0 aliphatic carbocycles. The largest absolute Gasteiger partial charge is 0.399 e. The Morgan fingerprint density at radius 1 is 1.10 bits per heavy atom. The predicted molar refractivity (Wildman–Crippen MR) is 86.9 cm³/mol. The molecule has 21 heavy (non-hydrogen) atoms. The van der Waals surface area contributed by atoms with Crippen molar-refractivity contribution in [3.05, 3.63) is 47.7 Å². The van der Waals surface area contributed by atoms with Crippen LogP contribution < -0.4 is 16.4 Å². The number of anilines is 3. The minimum atomic E-state index is 0.377. The lowest BCUT2D eigenvalue weighted by atomic mass is 10.0. The van der Waals surface area contributed by atoms with E-state index in [1.807, 2.05) is 12.1 Å². The summed E-state index contributed by atoms with van der Waals surface area (Å²) in [5.41, 5.74) is 14.8. The number of nitrogens with one attached hydrogen (secondary N) is 1. The number of nitrogen functional groups attached to an aromatic ring is 2. The van der Waals surface area contributed by atoms with Gasteiger partial charge < -0.3 is 16.4 Å². The zero-order valence-electron chi connectivity index (χ0n) is 11.8. The van der Waals surface area contributed by atoms with Gasteiger partial charge in [0.2, 0.25) is 0 Å². The number of benzene rings is 1. The Kier molecular flexibility index (Phi) is 3.48. The second-order valence-electron chi connectivity index (χ2n) is 5.32. The molecule has 1 aliphatic heterocycles. The van der Waals surface area contributed by atoms with Crippen LogP contribution in [-0.2, 0) is 0 Å². The molecule has 0 atom stereocenters. The molecule has 5 N–H and O–H groups in total. The molecule has 1 fully saturated rings. The maximum Gasteiger partial charge on any atom is 0.129 e. The number of pyridine rings is 1. The van der Waals surface area contributed by atoms with Crippen molar-refractivity contribution in [1.82, 2.24) is 4.98 Å². The summed E-state index contributed by atoms with van der Waals surface area (Å²) < 4.78 is 0. The number of aromatic nitrogens is 1. The average molecular weight is 281 g/mol. The first-order chi connectivity index (χ1) is 10.1. The van der Waals surface area contributed by atoms with Crippen LogP contribution in [-0.4, -0.2) is 23.8 Å². The topological polar surface area (TPSA) is 92.0 Å². The van der Waals surface area contributed by atoms with Crippen molar-refractivity contribution < 1.29 is 0 Å². The van der Waals surface area contributed by atoms with Crippen LogP contribution in [0.15, 0.2) is 36.5 Å². The SMILES string of the molecule is N=C(c1ccnc(N2CCCC2)c1)c1cc(N)ccc1N. The van der Waals surface area contributed by atoms with Crippen LogP contribution in [0.25, 0.3) is 0 Å². The Bertz CT molecular complexity index is 674. The van der Waals surface area contributed by atoms with Gasteiger partial charge in [-0.15, -0.1) is 0 Å². The first-order valence-electron chi connectivity index (χ1n) is 7.10. The van der Waals surface area contributed by atoms with Crippen molar-refractivity contribution in [2.45, 2.75) is 12.8 Å². The van der Waals surface area contributed by atoms with Gasteiger partial charge in [0, 0.05) is 41.8 Å². The molecular formula is C16H19N5. The predicted octanol–water partition coefficient (Wildman–Crippen LogP) is 2.26. The fourth-order valence-corrected chi connectivity index (χ4v) is 2.64. The third kappa shape index (κ3) is 2.67. The van der Waals surface area contributed by atoms with Gasteiger partial charge in [-0.05, 0) is 43.2 Å². The van der Waals surface area contributed by atoms with E-state index in [0.717, 1.165) is 24.5 Å². The van der Waals surface area contributed by atoms with E-state index in [1.54, 1.807) is 24.4 Å². The van der Waals surface area contributed by atoms with Crippen molar-refractivity contribution in [3.8, 4) is 0 Å². The molecule has 5 heteroatoms. The second kappa shape index (κ2) is 5.44. The monoisotopic (exact) mass is 281 g/mol. The molecule has 1 saturated heterocycles. The molecule has 0 amide bonds. The fourth-order valence-electron chi connectivity index (χ4n) is 2.64. The van der Waals surface area contributed by atoms with Gasteiger partial charge in [0.15, 0.2) is 0 Å². The second-order valence-corrected chi connectivity index (χ2v) is 5.32. The lowest BCUT2D eigenvalue weighted by molar-refractivity contribution is 0.937. The van der Waals surface area contributed by atoms with E-state index in [-0.39, 0.29) is 0 Å². The van der Waals surface area contributed by atoms with Gasteiger partial charge >= 0.3 is 0 Å². The summed E-state index contributed by atoms with van der Waals surface area (Å²) >= 11 is 0. The van der Waals surface area contributed by atoms with Crippen LogP contribution in [0, 0.1) is 5.41 Å². The minimum Gasteiger partial charge on any atom is -0.399 e. The molecule has 0 unspecified atom stereocenters. The van der Waals surface area contributed by atoms with Crippen molar-refractivity contribution in [3.63, 3.8) is 0 Å². The fraction of sp³-hybridized carbons (Fsp3) is 0.250. The number of rotatable bonds is 3. The standard InChI is InChI=1S/C16H19N5/c17-12-3-4-14(18)13(10-12)16(19)11-5-6-20-15(9-11)21-7-1-2-8-21/h3-6,9-10,19H,1-2,7-8,17-18H2. The summed E-state index contributed by atoms with van der Waals surface area (Å²) in [4.78, 5) is 6.66. The molecule has 2 heterocycles. The summed E-state index contributed by atoms with van der Waals surface area (Å²) in [6, 6.07) is 9.02. The van der Waals surface area contributed by atoms with E-state index in [1.165, 1.54) is 12.8 Å². The Morgan fingerprint density at radius 2 is 1.86 bits per heavy atom. The van der Waals surface area contributed by atoms with Gasteiger partial charge in [-0.2, -0.15) is 0 Å². The summed E-state index contributed by atoms with van der Waals surface area (Å²) in [5, 5.41) is 8.39. The molecule has 1 aromatic heterocycles. The van der Waals surface area contributed by atoms with Gasteiger partial charge in [-0.1, -0.05) is 0 Å². The summed E-state index contributed by atoms with van der Waals surface area (Å²) in [6.45, 7) is 2.06. The maximum absolute atomic E-state index is 8.39. The number of hydrogen-bond acceptors (Lipinski definition) is 5. The Labute approximate surface area is 124 Å². The first kappa shape index (κ1) is 13.4. The van der Waals surface area contributed by atoms with Gasteiger partial charge in [-0.25, -0.2) is 4.98 Å². The Hall–Kier alpha value is -2.56. The van der Waals surface area contributed by atoms with Crippen LogP contribution in [0.3, 0.4) is 0 Å². The quantitative estimate of drug-likeness (QED) is 0.594. The average Bonchev–Trinajstić information content (AvgIpc) is 3.03. The van der Waals surface area contributed by atoms with E-state index in [4.69, 9.17) is 16.9 Å². The molecule has 0 spiro atoms. The van der Waals surface area contributed by atoms with Crippen LogP contribution in [0.2, 0.25) is 0 Å². The number of nitrogens with zero attached hydrogens (tertiary/aromatic N) is 2. The van der Waals surface area contributed by atoms with Crippen molar-refractivity contribution in [1.29, 1.82) is 5.41 Å². The molecule has 3 rings (SSSR count). The summed E-state index contributed by atoms with van der Waals surface area (Å²) in [5.74, 6) is 0.928. The molecule has 5 nitrogen and oxygen atoms in total. The molecule has 108 valence electrons. The number of hydrogen-bond donors (Lipinski definition) is 3. The highest BCUT2D eigenvalue weighted by molar-refractivity contribution is 6.14. The summed E-state index contributed by atoms with van der Waals surface area (Å²) in [6.07, 6.45) is 4.15. The van der Waals surface area contributed by atoms with E-state index in [0.29, 0.717) is 22.6 Å². The normalized spacial score (nSPS) is 14.4. The highest BCUT2D eigenvalue weighted by Crippen LogP contribution is 2.23. The molecule has 2 aromatic rings. The van der Waals surface area contributed by atoms with Crippen LogP contribution >= 0.6 is 0 Å². The minimum absolute atomic E-state index is 0.377. The highest BCUT2D eigenvalue weighted by atomic mass is 15.2. The van der Waals surface area contributed by atoms with Gasteiger partial charge in [0.1, 0.15) is 5.82 Å². The van der Waals surface area contributed by atoms with Crippen molar-refractivity contribution in [2.75, 3.05) is 29.5 Å². The zero-order chi connectivity index (χ0) is 14.8. The molecule has 1 aromatic carbocycles. The Morgan fingerprint density at radius 3 is 2.62 bits per heavy atom. The molecule has 0 saturated carbocycles. The van der Waals surface area contributed by atoms with E-state index < -0.39 is 0 Å². The lowest BCUT2D eigenvalue weighted by Gasteiger charge is -2.17. The maximum atomic E-state index is 8.39. The molecule has 0 bridgehead atoms. The smallest absolute Gasteiger partial charge is 0.129 e. The third-order valence-corrected chi connectivity index (χ3v) is 3.81.